The zero-order valence-electron chi connectivity index (χ0n) is 17.3. The standard InChI is InChI=1S/C22H33N3O3/c1-16(12-25-10-4-5-21(25)26)11-23-22(27)20-8-6-19(7-9-20)15-24-13-17(2)28-18(3)14-24/h6-9,16-18H,4-5,10-15H2,1-3H3,(H,23,27)/t16-,17+,18+/m1/s1. The van der Waals surface area contributed by atoms with Gasteiger partial charge in [0.25, 0.3) is 5.91 Å². The second-order valence-corrected chi connectivity index (χ2v) is 8.41. The number of hydrogen-bond donors (Lipinski definition) is 1. The number of morpholine rings is 1. The molecule has 0 aliphatic carbocycles. The van der Waals surface area contributed by atoms with Gasteiger partial charge in [-0.05, 0) is 43.9 Å². The Hall–Kier alpha value is -1.92. The van der Waals surface area contributed by atoms with E-state index in [0.29, 0.717) is 25.1 Å². The first-order valence-corrected chi connectivity index (χ1v) is 10.4. The first-order valence-electron chi connectivity index (χ1n) is 10.4. The molecule has 0 bridgehead atoms. The van der Waals surface area contributed by atoms with Gasteiger partial charge in [-0.1, -0.05) is 19.1 Å². The van der Waals surface area contributed by atoms with Gasteiger partial charge in [0.1, 0.15) is 0 Å². The minimum Gasteiger partial charge on any atom is -0.373 e. The van der Waals surface area contributed by atoms with Crippen LogP contribution in [0.1, 0.15) is 49.5 Å². The molecule has 2 fully saturated rings. The SMILES string of the molecule is C[C@H](CNC(=O)c1ccc(CN2C[C@H](C)O[C@@H](C)C2)cc1)CN1CCCC1=O. The number of rotatable bonds is 7. The van der Waals surface area contributed by atoms with Crippen LogP contribution in [0.25, 0.3) is 0 Å². The molecule has 2 saturated heterocycles. The fourth-order valence-corrected chi connectivity index (χ4v) is 4.14. The molecule has 6 nitrogen and oxygen atoms in total. The van der Waals surface area contributed by atoms with Gasteiger partial charge in [-0.2, -0.15) is 0 Å². The van der Waals surface area contributed by atoms with Crippen LogP contribution in [0, 0.1) is 5.92 Å². The lowest BCUT2D eigenvalue weighted by molar-refractivity contribution is -0.128. The van der Waals surface area contributed by atoms with E-state index < -0.39 is 0 Å². The Morgan fingerprint density at radius 1 is 1.21 bits per heavy atom. The normalized spacial score (nSPS) is 24.4. The molecule has 1 aromatic carbocycles. The van der Waals surface area contributed by atoms with Gasteiger partial charge in [-0.25, -0.2) is 0 Å². The zero-order valence-corrected chi connectivity index (χ0v) is 17.3. The average Bonchev–Trinajstić information content (AvgIpc) is 3.04. The summed E-state index contributed by atoms with van der Waals surface area (Å²) < 4.78 is 5.78. The second-order valence-electron chi connectivity index (χ2n) is 8.41. The molecule has 0 saturated carbocycles. The Bertz CT molecular complexity index is 666. The Labute approximate surface area is 168 Å². The van der Waals surface area contributed by atoms with Crippen LogP contribution < -0.4 is 5.32 Å². The zero-order chi connectivity index (χ0) is 20.1. The molecule has 2 amide bonds. The van der Waals surface area contributed by atoms with Crippen LogP contribution in [0.5, 0.6) is 0 Å². The van der Waals surface area contributed by atoms with Crippen LogP contribution in [-0.4, -0.2) is 66.5 Å². The number of carbonyl (C=O) groups excluding carboxylic acids is 2. The molecule has 0 radical (unpaired) electrons. The minimum absolute atomic E-state index is 0.0558. The highest BCUT2D eigenvalue weighted by molar-refractivity contribution is 5.94. The third-order valence-corrected chi connectivity index (χ3v) is 5.43. The monoisotopic (exact) mass is 387 g/mol. The van der Waals surface area contributed by atoms with E-state index in [4.69, 9.17) is 4.74 Å². The Balaban J connectivity index is 1.44. The van der Waals surface area contributed by atoms with Crippen LogP contribution in [-0.2, 0) is 16.1 Å². The van der Waals surface area contributed by atoms with Crippen molar-refractivity contribution in [1.82, 2.24) is 15.1 Å². The maximum atomic E-state index is 12.4. The van der Waals surface area contributed by atoms with E-state index in [9.17, 15) is 9.59 Å². The highest BCUT2D eigenvalue weighted by atomic mass is 16.5. The van der Waals surface area contributed by atoms with Gasteiger partial charge in [0.2, 0.25) is 5.91 Å². The summed E-state index contributed by atoms with van der Waals surface area (Å²) in [5.74, 6) is 0.424. The first kappa shape index (κ1) is 20.8. The summed E-state index contributed by atoms with van der Waals surface area (Å²) in [6, 6.07) is 7.86. The van der Waals surface area contributed by atoms with Crippen LogP contribution in [0.3, 0.4) is 0 Å². The largest absolute Gasteiger partial charge is 0.373 e. The van der Waals surface area contributed by atoms with Gasteiger partial charge in [-0.15, -0.1) is 0 Å². The number of benzene rings is 1. The summed E-state index contributed by atoms with van der Waals surface area (Å²) >= 11 is 0. The highest BCUT2D eigenvalue weighted by Gasteiger charge is 2.23. The summed E-state index contributed by atoms with van der Waals surface area (Å²) in [7, 11) is 0. The number of hydrogen-bond acceptors (Lipinski definition) is 4. The Morgan fingerprint density at radius 3 is 2.50 bits per heavy atom. The molecule has 3 atom stereocenters. The summed E-state index contributed by atoms with van der Waals surface area (Å²) in [5, 5.41) is 3.00. The van der Waals surface area contributed by atoms with Gasteiger partial charge in [0.15, 0.2) is 0 Å². The van der Waals surface area contributed by atoms with Gasteiger partial charge in [0.05, 0.1) is 12.2 Å². The molecule has 0 aromatic heterocycles. The van der Waals surface area contributed by atoms with E-state index in [0.717, 1.165) is 32.6 Å². The molecule has 0 spiro atoms. The molecule has 2 aliphatic heterocycles. The molecule has 2 heterocycles. The number of ether oxygens (including phenoxy) is 1. The third kappa shape index (κ3) is 5.79. The summed E-state index contributed by atoms with van der Waals surface area (Å²) in [6.07, 6.45) is 2.12. The van der Waals surface area contributed by atoms with Crippen LogP contribution >= 0.6 is 0 Å². The van der Waals surface area contributed by atoms with Crippen molar-refractivity contribution in [2.45, 2.75) is 52.4 Å². The lowest BCUT2D eigenvalue weighted by Crippen LogP contribution is -2.44. The van der Waals surface area contributed by atoms with E-state index >= 15 is 0 Å². The first-order chi connectivity index (χ1) is 13.4. The smallest absolute Gasteiger partial charge is 0.251 e. The minimum atomic E-state index is -0.0558. The predicted molar refractivity (Wildman–Crippen MR) is 109 cm³/mol. The molecule has 3 rings (SSSR count). The van der Waals surface area contributed by atoms with E-state index in [-0.39, 0.29) is 29.9 Å². The number of likely N-dealkylation sites (tertiary alicyclic amines) is 1. The van der Waals surface area contributed by atoms with Gasteiger partial charge in [-0.3, -0.25) is 14.5 Å². The van der Waals surface area contributed by atoms with Crippen molar-refractivity contribution in [3.05, 3.63) is 35.4 Å². The van der Waals surface area contributed by atoms with Crippen molar-refractivity contribution in [3.63, 3.8) is 0 Å². The Kier molecular flexibility index (Phi) is 7.08. The molecule has 28 heavy (non-hydrogen) atoms. The van der Waals surface area contributed by atoms with Crippen molar-refractivity contribution in [1.29, 1.82) is 0 Å². The summed E-state index contributed by atoms with van der Waals surface area (Å²) in [4.78, 5) is 28.4. The maximum Gasteiger partial charge on any atom is 0.251 e. The van der Waals surface area contributed by atoms with Crippen molar-refractivity contribution in [2.75, 3.05) is 32.7 Å². The quantitative estimate of drug-likeness (QED) is 0.780. The third-order valence-electron chi connectivity index (χ3n) is 5.43. The van der Waals surface area contributed by atoms with Crippen molar-refractivity contribution < 1.29 is 14.3 Å². The van der Waals surface area contributed by atoms with Crippen LogP contribution in [0.4, 0.5) is 0 Å². The molecular formula is C22H33N3O3. The average molecular weight is 388 g/mol. The van der Waals surface area contributed by atoms with Crippen molar-refractivity contribution in [2.24, 2.45) is 5.92 Å². The molecule has 6 heteroatoms. The number of nitrogens with zero attached hydrogens (tertiary/aromatic N) is 2. The van der Waals surface area contributed by atoms with Crippen LogP contribution in [0.15, 0.2) is 24.3 Å². The Morgan fingerprint density at radius 2 is 1.89 bits per heavy atom. The van der Waals surface area contributed by atoms with Gasteiger partial charge in [0, 0.05) is 51.3 Å². The molecule has 1 aromatic rings. The second kappa shape index (κ2) is 9.52. The van der Waals surface area contributed by atoms with E-state index in [1.54, 1.807) is 0 Å². The maximum absolute atomic E-state index is 12.4. The van der Waals surface area contributed by atoms with Crippen molar-refractivity contribution in [3.8, 4) is 0 Å². The van der Waals surface area contributed by atoms with E-state index in [2.05, 4.69) is 31.0 Å². The van der Waals surface area contributed by atoms with Gasteiger partial charge < -0.3 is 15.0 Å². The lowest BCUT2D eigenvalue weighted by atomic mass is 10.1. The number of amides is 2. The summed E-state index contributed by atoms with van der Waals surface area (Å²) in [6.45, 7) is 11.2. The molecule has 2 aliphatic rings. The molecule has 154 valence electrons. The van der Waals surface area contributed by atoms with Crippen molar-refractivity contribution >= 4 is 11.8 Å². The van der Waals surface area contributed by atoms with Gasteiger partial charge >= 0.3 is 0 Å². The van der Waals surface area contributed by atoms with E-state index in [1.165, 1.54) is 5.56 Å². The number of carbonyl (C=O) groups is 2. The molecule has 1 N–H and O–H groups in total. The lowest BCUT2D eigenvalue weighted by Gasteiger charge is -2.35. The molecular weight excluding hydrogens is 354 g/mol. The number of nitrogens with one attached hydrogen (secondary N) is 1. The van der Waals surface area contributed by atoms with Crippen LogP contribution in [0.2, 0.25) is 0 Å². The highest BCUT2D eigenvalue weighted by Crippen LogP contribution is 2.15. The van der Waals surface area contributed by atoms with E-state index in [1.807, 2.05) is 29.2 Å². The fourth-order valence-electron chi connectivity index (χ4n) is 4.14. The topological polar surface area (TPSA) is 61.9 Å². The summed E-state index contributed by atoms with van der Waals surface area (Å²) in [5.41, 5.74) is 1.88. The fraction of sp³-hybridized carbons (Fsp3) is 0.636. The molecule has 0 unspecified atom stereocenters. The predicted octanol–water partition coefficient (Wildman–Crippen LogP) is 2.28.